The van der Waals surface area contributed by atoms with Crippen LogP contribution < -0.4 is 16.0 Å². The van der Waals surface area contributed by atoms with Gasteiger partial charge in [0, 0.05) is 6.04 Å². The van der Waals surface area contributed by atoms with Crippen LogP contribution in [0.4, 0.5) is 0 Å². The van der Waals surface area contributed by atoms with Crippen molar-refractivity contribution in [2.75, 3.05) is 0 Å². The molecular formula is C9H12IN3O2. The third kappa shape index (κ3) is 2.31. The van der Waals surface area contributed by atoms with Crippen LogP contribution in [-0.2, 0) is 0 Å². The molecule has 1 aromatic heterocycles. The second-order valence-corrected chi connectivity index (χ2v) is 4.68. The average molecular weight is 321 g/mol. The fraction of sp³-hybridized carbons (Fsp3) is 0.556. The van der Waals surface area contributed by atoms with Gasteiger partial charge in [0.1, 0.15) is 9.67 Å². The molecule has 2 rings (SSSR count). The average Bonchev–Trinajstić information content (AvgIpc) is 2.60. The van der Waals surface area contributed by atoms with E-state index in [1.807, 2.05) is 22.6 Å². The molecule has 1 aliphatic carbocycles. The molecule has 3 N–H and O–H groups in total. The summed E-state index contributed by atoms with van der Waals surface area (Å²) >= 11 is 1.93. The van der Waals surface area contributed by atoms with Gasteiger partial charge in [0.2, 0.25) is 5.88 Å². The zero-order valence-corrected chi connectivity index (χ0v) is 10.2. The van der Waals surface area contributed by atoms with Gasteiger partial charge in [-0.1, -0.05) is 0 Å². The first-order valence-electron chi connectivity index (χ1n) is 4.84. The van der Waals surface area contributed by atoms with Gasteiger partial charge in [0.05, 0.1) is 6.33 Å². The van der Waals surface area contributed by atoms with E-state index in [9.17, 15) is 4.79 Å². The molecule has 6 heteroatoms. The van der Waals surface area contributed by atoms with Gasteiger partial charge in [0.15, 0.2) is 0 Å². The summed E-state index contributed by atoms with van der Waals surface area (Å²) in [6.45, 7) is 0. The molecule has 1 aromatic rings. The van der Waals surface area contributed by atoms with Crippen molar-refractivity contribution >= 4 is 22.6 Å². The van der Waals surface area contributed by atoms with E-state index in [0.717, 1.165) is 19.3 Å². The Balaban J connectivity index is 2.17. The van der Waals surface area contributed by atoms with Crippen molar-refractivity contribution < 1.29 is 4.74 Å². The Hall–Kier alpha value is -0.630. The molecule has 0 spiro atoms. The molecule has 0 saturated heterocycles. The standard InChI is InChI=1S/C9H12IN3O2/c10-7-8(14)12-4-13-9(7)15-6-3-1-2-5(6)11/h4-6H,1-3,11H2,(H,12,13,14). The predicted octanol–water partition coefficient (Wildman–Crippen LogP) is 0.633. The van der Waals surface area contributed by atoms with Crippen LogP contribution in [-0.4, -0.2) is 22.1 Å². The number of hydrogen-bond acceptors (Lipinski definition) is 4. The Bertz CT molecular complexity index is 407. The van der Waals surface area contributed by atoms with E-state index in [1.165, 1.54) is 6.33 Å². The second kappa shape index (κ2) is 4.48. The third-order valence-electron chi connectivity index (χ3n) is 2.53. The number of hydrogen-bond donors (Lipinski definition) is 2. The molecule has 1 heterocycles. The monoisotopic (exact) mass is 321 g/mol. The first kappa shape index (κ1) is 10.9. The Labute approximate surface area is 101 Å². The maximum absolute atomic E-state index is 11.3. The molecule has 0 aromatic carbocycles. The number of aromatic nitrogens is 2. The van der Waals surface area contributed by atoms with Crippen molar-refractivity contribution in [3.8, 4) is 5.88 Å². The van der Waals surface area contributed by atoms with E-state index in [-0.39, 0.29) is 17.7 Å². The molecule has 0 radical (unpaired) electrons. The Kier molecular flexibility index (Phi) is 3.25. The zero-order chi connectivity index (χ0) is 10.8. The minimum absolute atomic E-state index is 0.00665. The molecule has 0 amide bonds. The summed E-state index contributed by atoms with van der Waals surface area (Å²) in [6.07, 6.45) is 4.33. The number of halogens is 1. The van der Waals surface area contributed by atoms with Gasteiger partial charge < -0.3 is 15.5 Å². The van der Waals surface area contributed by atoms with Gasteiger partial charge >= 0.3 is 0 Å². The number of nitrogens with zero attached hydrogens (tertiary/aromatic N) is 1. The summed E-state index contributed by atoms with van der Waals surface area (Å²) in [5.41, 5.74) is 5.70. The fourth-order valence-electron chi connectivity index (χ4n) is 1.69. The van der Waals surface area contributed by atoms with E-state index in [4.69, 9.17) is 10.5 Å². The Morgan fingerprint density at radius 2 is 2.40 bits per heavy atom. The number of nitrogens with two attached hydrogens (primary N) is 1. The van der Waals surface area contributed by atoms with Crippen LogP contribution in [0.1, 0.15) is 19.3 Å². The highest BCUT2D eigenvalue weighted by Gasteiger charge is 2.26. The minimum Gasteiger partial charge on any atom is -0.472 e. The SMILES string of the molecule is NC1CCCC1Oc1nc[nH]c(=O)c1I. The van der Waals surface area contributed by atoms with Crippen LogP contribution >= 0.6 is 22.6 Å². The van der Waals surface area contributed by atoms with Crippen LogP contribution in [0.2, 0.25) is 0 Å². The summed E-state index contributed by atoms with van der Waals surface area (Å²) in [6, 6.07) is 0.0573. The number of aromatic amines is 1. The van der Waals surface area contributed by atoms with Gasteiger partial charge in [-0.15, -0.1) is 0 Å². The molecule has 2 atom stereocenters. The van der Waals surface area contributed by atoms with Gasteiger partial charge in [-0.3, -0.25) is 4.79 Å². The maximum Gasteiger partial charge on any atom is 0.268 e. The smallest absolute Gasteiger partial charge is 0.268 e. The normalized spacial score (nSPS) is 25.5. The Morgan fingerprint density at radius 3 is 3.07 bits per heavy atom. The second-order valence-electron chi connectivity index (χ2n) is 3.60. The van der Waals surface area contributed by atoms with Crippen molar-refractivity contribution in [2.45, 2.75) is 31.4 Å². The molecule has 1 aliphatic rings. The highest BCUT2D eigenvalue weighted by atomic mass is 127. The van der Waals surface area contributed by atoms with Gasteiger partial charge in [0.25, 0.3) is 5.56 Å². The molecule has 0 bridgehead atoms. The molecule has 82 valence electrons. The number of H-pyrrole nitrogens is 1. The predicted molar refractivity (Wildman–Crippen MR) is 63.8 cm³/mol. The summed E-state index contributed by atoms with van der Waals surface area (Å²) in [5.74, 6) is 0.390. The largest absolute Gasteiger partial charge is 0.472 e. The molecule has 0 aliphatic heterocycles. The summed E-state index contributed by atoms with van der Waals surface area (Å²) in [7, 11) is 0. The van der Waals surface area contributed by atoms with Crippen LogP contribution in [0, 0.1) is 3.57 Å². The summed E-state index contributed by atoms with van der Waals surface area (Å²) in [4.78, 5) is 17.8. The molecule has 1 fully saturated rings. The first-order valence-corrected chi connectivity index (χ1v) is 5.92. The van der Waals surface area contributed by atoms with Gasteiger partial charge in [-0.25, -0.2) is 4.98 Å². The van der Waals surface area contributed by atoms with E-state index in [0.29, 0.717) is 9.45 Å². The molecule has 2 unspecified atom stereocenters. The topological polar surface area (TPSA) is 81.0 Å². The van der Waals surface area contributed by atoms with Gasteiger partial charge in [-0.05, 0) is 41.9 Å². The van der Waals surface area contributed by atoms with Crippen molar-refractivity contribution in [3.05, 3.63) is 20.3 Å². The van der Waals surface area contributed by atoms with Crippen LogP contribution in [0.25, 0.3) is 0 Å². The van der Waals surface area contributed by atoms with E-state index in [2.05, 4.69) is 9.97 Å². The lowest BCUT2D eigenvalue weighted by Gasteiger charge is -2.17. The third-order valence-corrected chi connectivity index (χ3v) is 3.48. The number of rotatable bonds is 2. The maximum atomic E-state index is 11.3. The van der Waals surface area contributed by atoms with Crippen LogP contribution in [0.5, 0.6) is 5.88 Å². The molecular weight excluding hydrogens is 309 g/mol. The van der Waals surface area contributed by atoms with E-state index >= 15 is 0 Å². The Morgan fingerprint density at radius 1 is 1.60 bits per heavy atom. The molecule has 15 heavy (non-hydrogen) atoms. The van der Waals surface area contributed by atoms with Crippen molar-refractivity contribution in [3.63, 3.8) is 0 Å². The lowest BCUT2D eigenvalue weighted by molar-refractivity contribution is 0.181. The van der Waals surface area contributed by atoms with E-state index in [1.54, 1.807) is 0 Å². The van der Waals surface area contributed by atoms with Crippen molar-refractivity contribution in [2.24, 2.45) is 5.73 Å². The zero-order valence-electron chi connectivity index (χ0n) is 8.07. The highest BCUT2D eigenvalue weighted by Crippen LogP contribution is 2.23. The molecule has 1 saturated carbocycles. The number of ether oxygens (including phenoxy) is 1. The number of nitrogens with one attached hydrogen (secondary N) is 1. The van der Waals surface area contributed by atoms with Gasteiger partial charge in [-0.2, -0.15) is 0 Å². The van der Waals surface area contributed by atoms with Crippen molar-refractivity contribution in [1.29, 1.82) is 0 Å². The van der Waals surface area contributed by atoms with Crippen LogP contribution in [0.3, 0.4) is 0 Å². The van der Waals surface area contributed by atoms with Crippen LogP contribution in [0.15, 0.2) is 11.1 Å². The highest BCUT2D eigenvalue weighted by molar-refractivity contribution is 14.1. The lowest BCUT2D eigenvalue weighted by Crippen LogP contribution is -2.34. The minimum atomic E-state index is -0.174. The summed E-state index contributed by atoms with van der Waals surface area (Å²) in [5, 5.41) is 0. The van der Waals surface area contributed by atoms with E-state index < -0.39 is 0 Å². The molecule has 5 nitrogen and oxygen atoms in total. The summed E-state index contributed by atoms with van der Waals surface area (Å²) < 4.78 is 6.12. The first-order chi connectivity index (χ1) is 7.18. The van der Waals surface area contributed by atoms with Crippen molar-refractivity contribution in [1.82, 2.24) is 9.97 Å². The quantitative estimate of drug-likeness (QED) is 0.783. The fourth-order valence-corrected chi connectivity index (χ4v) is 2.12. The lowest BCUT2D eigenvalue weighted by atomic mass is 10.2.